The molecule has 5 nitrogen and oxygen atoms in total. The summed E-state index contributed by atoms with van der Waals surface area (Å²) in [5, 5.41) is 11.0. The van der Waals surface area contributed by atoms with Crippen molar-refractivity contribution in [2.75, 3.05) is 26.7 Å². The SMILES string of the molecule is CCN(CCC(=O)NC)CC(=O)O. The maximum absolute atomic E-state index is 10.8. The van der Waals surface area contributed by atoms with Gasteiger partial charge in [-0.2, -0.15) is 0 Å². The minimum atomic E-state index is -0.862. The van der Waals surface area contributed by atoms with Crippen molar-refractivity contribution in [2.24, 2.45) is 0 Å². The van der Waals surface area contributed by atoms with E-state index in [9.17, 15) is 9.59 Å². The Bertz CT molecular complexity index is 182. The highest BCUT2D eigenvalue weighted by molar-refractivity contribution is 5.75. The van der Waals surface area contributed by atoms with E-state index in [1.165, 1.54) is 0 Å². The molecule has 0 aromatic carbocycles. The zero-order valence-corrected chi connectivity index (χ0v) is 8.04. The van der Waals surface area contributed by atoms with Gasteiger partial charge in [0.1, 0.15) is 0 Å². The number of carbonyl (C=O) groups is 2. The van der Waals surface area contributed by atoms with Crippen LogP contribution in [0.2, 0.25) is 0 Å². The molecule has 0 spiro atoms. The first-order valence-corrected chi connectivity index (χ1v) is 4.24. The molecule has 0 saturated heterocycles. The summed E-state index contributed by atoms with van der Waals surface area (Å²) in [5.41, 5.74) is 0. The highest BCUT2D eigenvalue weighted by Crippen LogP contribution is 1.90. The molecule has 0 aliphatic heterocycles. The predicted octanol–water partition coefficient (Wildman–Crippen LogP) is -0.471. The first-order valence-electron chi connectivity index (χ1n) is 4.24. The fraction of sp³-hybridized carbons (Fsp3) is 0.750. The molecule has 1 amide bonds. The molecular formula is C8H16N2O3. The lowest BCUT2D eigenvalue weighted by atomic mass is 10.3. The maximum Gasteiger partial charge on any atom is 0.317 e. The Labute approximate surface area is 77.7 Å². The van der Waals surface area contributed by atoms with Gasteiger partial charge >= 0.3 is 5.97 Å². The third-order valence-electron chi connectivity index (χ3n) is 1.74. The average Bonchev–Trinajstić information content (AvgIpc) is 2.10. The molecule has 0 fully saturated rings. The summed E-state index contributed by atoms with van der Waals surface area (Å²) < 4.78 is 0. The van der Waals surface area contributed by atoms with Gasteiger partial charge in [-0.1, -0.05) is 6.92 Å². The zero-order valence-electron chi connectivity index (χ0n) is 8.04. The van der Waals surface area contributed by atoms with Crippen molar-refractivity contribution < 1.29 is 14.7 Å². The van der Waals surface area contributed by atoms with Crippen LogP contribution in [0.4, 0.5) is 0 Å². The van der Waals surface area contributed by atoms with E-state index >= 15 is 0 Å². The van der Waals surface area contributed by atoms with Crippen molar-refractivity contribution in [1.29, 1.82) is 0 Å². The van der Waals surface area contributed by atoms with Gasteiger partial charge in [0.05, 0.1) is 6.54 Å². The number of rotatable bonds is 6. The lowest BCUT2D eigenvalue weighted by molar-refractivity contribution is -0.138. The second kappa shape index (κ2) is 6.42. The number of hydrogen-bond acceptors (Lipinski definition) is 3. The number of amides is 1. The fourth-order valence-electron chi connectivity index (χ4n) is 0.925. The van der Waals surface area contributed by atoms with Crippen molar-refractivity contribution >= 4 is 11.9 Å². The number of aliphatic carboxylic acids is 1. The minimum absolute atomic E-state index is 0.00645. The van der Waals surface area contributed by atoms with Crippen molar-refractivity contribution in [1.82, 2.24) is 10.2 Å². The first kappa shape index (κ1) is 11.9. The van der Waals surface area contributed by atoms with Gasteiger partial charge in [0.25, 0.3) is 0 Å². The topological polar surface area (TPSA) is 69.6 Å². The van der Waals surface area contributed by atoms with Gasteiger partial charge in [-0.15, -0.1) is 0 Å². The molecule has 2 N–H and O–H groups in total. The van der Waals surface area contributed by atoms with Gasteiger partial charge in [0.2, 0.25) is 5.91 Å². The van der Waals surface area contributed by atoms with Crippen LogP contribution < -0.4 is 5.32 Å². The van der Waals surface area contributed by atoms with Crippen LogP contribution in [-0.2, 0) is 9.59 Å². The summed E-state index contributed by atoms with van der Waals surface area (Å²) in [6.07, 6.45) is 0.345. The van der Waals surface area contributed by atoms with E-state index in [1.54, 1.807) is 11.9 Å². The van der Waals surface area contributed by atoms with Crippen LogP contribution in [0, 0.1) is 0 Å². The van der Waals surface area contributed by atoms with Crippen LogP contribution in [0.15, 0.2) is 0 Å². The number of hydrogen-bond donors (Lipinski definition) is 2. The van der Waals surface area contributed by atoms with Gasteiger partial charge < -0.3 is 10.4 Å². The van der Waals surface area contributed by atoms with E-state index in [-0.39, 0.29) is 12.5 Å². The molecule has 0 aliphatic carbocycles. The van der Waals surface area contributed by atoms with Gasteiger partial charge in [-0.3, -0.25) is 14.5 Å². The molecule has 76 valence electrons. The molecule has 0 bridgehead atoms. The average molecular weight is 188 g/mol. The van der Waals surface area contributed by atoms with Crippen LogP contribution >= 0.6 is 0 Å². The molecule has 5 heteroatoms. The first-order chi connectivity index (χ1) is 6.10. The molecule has 0 aromatic rings. The molecular weight excluding hydrogens is 172 g/mol. The summed E-state index contributed by atoms with van der Waals surface area (Å²) in [4.78, 5) is 22.9. The van der Waals surface area contributed by atoms with E-state index < -0.39 is 5.97 Å². The molecule has 13 heavy (non-hydrogen) atoms. The highest BCUT2D eigenvalue weighted by Gasteiger charge is 2.08. The molecule has 0 aromatic heterocycles. The Morgan fingerprint density at radius 3 is 2.46 bits per heavy atom. The normalized spacial score (nSPS) is 10.1. The van der Waals surface area contributed by atoms with Gasteiger partial charge in [0, 0.05) is 20.0 Å². The van der Waals surface area contributed by atoms with Crippen LogP contribution in [0.25, 0.3) is 0 Å². The van der Waals surface area contributed by atoms with Crippen molar-refractivity contribution in [3.8, 4) is 0 Å². The second-order valence-corrected chi connectivity index (χ2v) is 2.69. The monoisotopic (exact) mass is 188 g/mol. The summed E-state index contributed by atoms with van der Waals surface area (Å²) in [6, 6.07) is 0. The second-order valence-electron chi connectivity index (χ2n) is 2.69. The van der Waals surface area contributed by atoms with Gasteiger partial charge in [-0.25, -0.2) is 0 Å². The zero-order chi connectivity index (χ0) is 10.3. The number of carboxylic acids is 1. The van der Waals surface area contributed by atoms with E-state index in [0.717, 1.165) is 0 Å². The third kappa shape index (κ3) is 6.10. The standard InChI is InChI=1S/C8H16N2O3/c1-3-10(6-8(12)13)5-4-7(11)9-2/h3-6H2,1-2H3,(H,9,11)(H,12,13). The summed E-state index contributed by atoms with van der Waals surface area (Å²) in [7, 11) is 1.57. The molecule has 0 atom stereocenters. The molecule has 0 heterocycles. The van der Waals surface area contributed by atoms with Crippen molar-refractivity contribution in [3.63, 3.8) is 0 Å². The quantitative estimate of drug-likeness (QED) is 0.591. The van der Waals surface area contributed by atoms with Crippen LogP contribution in [0.5, 0.6) is 0 Å². The van der Waals surface area contributed by atoms with Gasteiger partial charge in [0.15, 0.2) is 0 Å². The molecule has 0 unspecified atom stereocenters. The van der Waals surface area contributed by atoms with E-state index in [1.807, 2.05) is 6.92 Å². The molecule has 0 radical (unpaired) electrons. The Morgan fingerprint density at radius 1 is 1.46 bits per heavy atom. The summed E-state index contributed by atoms with van der Waals surface area (Å²) in [5.74, 6) is -0.928. The molecule has 0 saturated carbocycles. The van der Waals surface area contributed by atoms with E-state index in [4.69, 9.17) is 5.11 Å². The predicted molar refractivity (Wildman–Crippen MR) is 48.4 cm³/mol. The smallest absolute Gasteiger partial charge is 0.317 e. The van der Waals surface area contributed by atoms with Crippen molar-refractivity contribution in [3.05, 3.63) is 0 Å². The Hall–Kier alpha value is -1.10. The fourth-order valence-corrected chi connectivity index (χ4v) is 0.925. The number of likely N-dealkylation sites (N-methyl/N-ethyl adjacent to an activating group) is 1. The number of nitrogens with zero attached hydrogens (tertiary/aromatic N) is 1. The number of carbonyl (C=O) groups excluding carboxylic acids is 1. The lowest BCUT2D eigenvalue weighted by Gasteiger charge is -2.16. The number of carboxylic acid groups (broad SMARTS) is 1. The van der Waals surface area contributed by atoms with E-state index in [0.29, 0.717) is 19.5 Å². The number of nitrogens with one attached hydrogen (secondary N) is 1. The van der Waals surface area contributed by atoms with Crippen LogP contribution in [0.1, 0.15) is 13.3 Å². The summed E-state index contributed by atoms with van der Waals surface area (Å²) in [6.45, 7) is 2.99. The summed E-state index contributed by atoms with van der Waals surface area (Å²) >= 11 is 0. The van der Waals surface area contributed by atoms with Crippen LogP contribution in [-0.4, -0.2) is 48.6 Å². The highest BCUT2D eigenvalue weighted by atomic mass is 16.4. The third-order valence-corrected chi connectivity index (χ3v) is 1.74. The molecule has 0 aliphatic rings. The Morgan fingerprint density at radius 2 is 2.08 bits per heavy atom. The molecule has 0 rings (SSSR count). The largest absolute Gasteiger partial charge is 0.480 e. The Kier molecular flexibility index (Phi) is 5.88. The van der Waals surface area contributed by atoms with Gasteiger partial charge in [-0.05, 0) is 6.54 Å². The Balaban J connectivity index is 3.71. The van der Waals surface area contributed by atoms with Crippen molar-refractivity contribution in [2.45, 2.75) is 13.3 Å². The van der Waals surface area contributed by atoms with Crippen LogP contribution in [0.3, 0.4) is 0 Å². The van der Waals surface area contributed by atoms with E-state index in [2.05, 4.69) is 5.32 Å². The maximum atomic E-state index is 10.8. The lowest BCUT2D eigenvalue weighted by Crippen LogP contribution is -2.33. The minimum Gasteiger partial charge on any atom is -0.480 e.